The van der Waals surface area contributed by atoms with Gasteiger partial charge in [-0.25, -0.2) is 0 Å². The third-order valence-corrected chi connectivity index (χ3v) is 2.84. The topological polar surface area (TPSA) is 41.1 Å². The van der Waals surface area contributed by atoms with Crippen molar-refractivity contribution in [2.75, 3.05) is 25.1 Å². The van der Waals surface area contributed by atoms with Gasteiger partial charge >= 0.3 is 0 Å². The molecule has 1 rings (SSSR count). The molecule has 0 spiro atoms. The molecule has 0 aliphatic carbocycles. The minimum absolute atomic E-state index is 0.130. The molecule has 64 valence electrons. The van der Waals surface area contributed by atoms with Gasteiger partial charge in [0.05, 0.1) is 0 Å². The van der Waals surface area contributed by atoms with Crippen LogP contribution < -0.4 is 10.6 Å². The van der Waals surface area contributed by atoms with Crippen molar-refractivity contribution in [1.29, 1.82) is 0 Å². The summed E-state index contributed by atoms with van der Waals surface area (Å²) in [5.74, 6) is 2.36. The highest BCUT2D eigenvalue weighted by atomic mass is 32.2. The summed E-state index contributed by atoms with van der Waals surface area (Å²) in [7, 11) is 1.68. The van der Waals surface area contributed by atoms with Crippen molar-refractivity contribution in [3.8, 4) is 0 Å². The first-order valence-electron chi connectivity index (χ1n) is 3.84. The summed E-state index contributed by atoms with van der Waals surface area (Å²) in [5, 5.41) is 5.93. The minimum Gasteiger partial charge on any atom is -0.359 e. The van der Waals surface area contributed by atoms with E-state index >= 15 is 0 Å². The third kappa shape index (κ3) is 3.12. The maximum atomic E-state index is 10.9. The summed E-state index contributed by atoms with van der Waals surface area (Å²) < 4.78 is 0. The van der Waals surface area contributed by atoms with Gasteiger partial charge in [0, 0.05) is 37.6 Å². The molecular weight excluding hydrogens is 160 g/mol. The van der Waals surface area contributed by atoms with Gasteiger partial charge in [-0.3, -0.25) is 4.79 Å². The number of amides is 1. The number of nitrogens with one attached hydrogen (secondary N) is 2. The van der Waals surface area contributed by atoms with Gasteiger partial charge in [0.25, 0.3) is 0 Å². The van der Waals surface area contributed by atoms with Crippen molar-refractivity contribution < 1.29 is 4.79 Å². The van der Waals surface area contributed by atoms with E-state index in [1.54, 1.807) is 7.05 Å². The molecule has 1 atom stereocenters. The van der Waals surface area contributed by atoms with Crippen molar-refractivity contribution >= 4 is 17.7 Å². The zero-order valence-corrected chi connectivity index (χ0v) is 7.54. The summed E-state index contributed by atoms with van der Waals surface area (Å²) in [6.45, 7) is 1.03. The van der Waals surface area contributed by atoms with E-state index in [1.807, 2.05) is 11.8 Å². The highest BCUT2D eigenvalue weighted by molar-refractivity contribution is 7.99. The van der Waals surface area contributed by atoms with Crippen LogP contribution in [0, 0.1) is 0 Å². The Bertz CT molecular complexity index is 134. The molecule has 4 heteroatoms. The molecule has 3 nitrogen and oxygen atoms in total. The predicted molar refractivity (Wildman–Crippen MR) is 47.8 cm³/mol. The van der Waals surface area contributed by atoms with Crippen molar-refractivity contribution in [2.45, 2.75) is 12.5 Å². The fourth-order valence-electron chi connectivity index (χ4n) is 1.08. The van der Waals surface area contributed by atoms with Gasteiger partial charge < -0.3 is 10.6 Å². The van der Waals surface area contributed by atoms with Gasteiger partial charge in [-0.15, -0.1) is 0 Å². The lowest BCUT2D eigenvalue weighted by Crippen LogP contribution is -2.40. The first-order valence-corrected chi connectivity index (χ1v) is 5.00. The van der Waals surface area contributed by atoms with Crippen molar-refractivity contribution in [3.63, 3.8) is 0 Å². The van der Waals surface area contributed by atoms with E-state index < -0.39 is 0 Å². The normalized spacial score (nSPS) is 24.6. The van der Waals surface area contributed by atoms with E-state index in [-0.39, 0.29) is 5.91 Å². The van der Waals surface area contributed by atoms with E-state index in [2.05, 4.69) is 10.6 Å². The van der Waals surface area contributed by atoms with Gasteiger partial charge in [0.2, 0.25) is 5.91 Å². The lowest BCUT2D eigenvalue weighted by Gasteiger charge is -2.21. The van der Waals surface area contributed by atoms with Crippen molar-refractivity contribution in [3.05, 3.63) is 0 Å². The molecule has 1 saturated heterocycles. The number of hydrogen-bond acceptors (Lipinski definition) is 3. The quantitative estimate of drug-likeness (QED) is 0.610. The largest absolute Gasteiger partial charge is 0.359 e. The molecule has 0 radical (unpaired) electrons. The Labute approximate surface area is 71.3 Å². The predicted octanol–water partition coefficient (Wildman–Crippen LogP) is -0.173. The molecule has 0 aromatic rings. The number of rotatable bonds is 2. The smallest absolute Gasteiger partial charge is 0.221 e. The van der Waals surface area contributed by atoms with Crippen LogP contribution in [0.2, 0.25) is 0 Å². The van der Waals surface area contributed by atoms with Crippen LogP contribution in [0.3, 0.4) is 0 Å². The second-order valence-electron chi connectivity index (χ2n) is 2.60. The van der Waals surface area contributed by atoms with E-state index in [4.69, 9.17) is 0 Å². The van der Waals surface area contributed by atoms with E-state index in [9.17, 15) is 4.79 Å². The van der Waals surface area contributed by atoms with E-state index in [0.717, 1.165) is 12.3 Å². The maximum absolute atomic E-state index is 10.9. The lowest BCUT2D eigenvalue weighted by atomic mass is 10.2. The molecule has 1 aliphatic heterocycles. The zero-order valence-electron chi connectivity index (χ0n) is 6.72. The van der Waals surface area contributed by atoms with Gasteiger partial charge in [-0.05, 0) is 0 Å². The molecule has 0 bridgehead atoms. The summed E-state index contributed by atoms with van der Waals surface area (Å²) in [6.07, 6.45) is 0.615. The van der Waals surface area contributed by atoms with Gasteiger partial charge in [0.15, 0.2) is 0 Å². The van der Waals surface area contributed by atoms with Crippen LogP contribution in [0.4, 0.5) is 0 Å². The summed E-state index contributed by atoms with van der Waals surface area (Å²) in [6, 6.07) is 0.383. The third-order valence-electron chi connectivity index (χ3n) is 1.71. The monoisotopic (exact) mass is 174 g/mol. The summed E-state index contributed by atoms with van der Waals surface area (Å²) in [4.78, 5) is 10.9. The summed E-state index contributed by atoms with van der Waals surface area (Å²) >= 11 is 1.91. The fourth-order valence-corrected chi connectivity index (χ4v) is 2.03. The number of hydrogen-bond donors (Lipinski definition) is 2. The second kappa shape index (κ2) is 4.62. The molecular formula is C7H14N2OS. The Morgan fingerprint density at radius 2 is 2.64 bits per heavy atom. The Kier molecular flexibility index (Phi) is 3.72. The molecule has 2 N–H and O–H groups in total. The van der Waals surface area contributed by atoms with Gasteiger partial charge in [-0.1, -0.05) is 0 Å². The van der Waals surface area contributed by atoms with Gasteiger partial charge in [-0.2, -0.15) is 11.8 Å². The highest BCUT2D eigenvalue weighted by Gasteiger charge is 2.15. The van der Waals surface area contributed by atoms with E-state index in [1.165, 1.54) is 5.75 Å². The fraction of sp³-hybridized carbons (Fsp3) is 0.857. The molecule has 0 aromatic carbocycles. The van der Waals surface area contributed by atoms with Crippen LogP contribution in [0.1, 0.15) is 6.42 Å². The zero-order chi connectivity index (χ0) is 8.10. The van der Waals surface area contributed by atoms with Crippen LogP contribution in [-0.2, 0) is 4.79 Å². The molecule has 0 aromatic heterocycles. The minimum atomic E-state index is 0.130. The van der Waals surface area contributed by atoms with Gasteiger partial charge in [0.1, 0.15) is 0 Å². The standard InChI is InChI=1S/C7H14N2OS/c1-8-7(10)4-6-5-11-3-2-9-6/h6,9H,2-5H2,1H3,(H,8,10). The molecule has 11 heavy (non-hydrogen) atoms. The van der Waals surface area contributed by atoms with Crippen molar-refractivity contribution in [1.82, 2.24) is 10.6 Å². The lowest BCUT2D eigenvalue weighted by molar-refractivity contribution is -0.121. The van der Waals surface area contributed by atoms with Crippen LogP contribution in [0.25, 0.3) is 0 Å². The molecule has 0 saturated carbocycles. The maximum Gasteiger partial charge on any atom is 0.221 e. The van der Waals surface area contributed by atoms with Crippen LogP contribution in [-0.4, -0.2) is 37.0 Å². The Morgan fingerprint density at radius 1 is 1.82 bits per heavy atom. The Morgan fingerprint density at radius 3 is 3.18 bits per heavy atom. The highest BCUT2D eigenvalue weighted by Crippen LogP contribution is 2.09. The number of carbonyl (C=O) groups excluding carboxylic acids is 1. The number of thioether (sulfide) groups is 1. The van der Waals surface area contributed by atoms with Crippen LogP contribution in [0.15, 0.2) is 0 Å². The average molecular weight is 174 g/mol. The SMILES string of the molecule is CNC(=O)CC1CSCCN1. The molecule has 1 heterocycles. The van der Waals surface area contributed by atoms with Crippen LogP contribution >= 0.6 is 11.8 Å². The molecule has 1 aliphatic rings. The second-order valence-corrected chi connectivity index (χ2v) is 3.75. The Balaban J connectivity index is 2.19. The Hall–Kier alpha value is -0.220. The van der Waals surface area contributed by atoms with E-state index in [0.29, 0.717) is 12.5 Å². The molecule has 1 unspecified atom stereocenters. The first-order chi connectivity index (χ1) is 5.33. The summed E-state index contributed by atoms with van der Waals surface area (Å²) in [5.41, 5.74) is 0. The first kappa shape index (κ1) is 8.87. The average Bonchev–Trinajstić information content (AvgIpc) is 2.06. The number of carbonyl (C=O) groups is 1. The van der Waals surface area contributed by atoms with Crippen molar-refractivity contribution in [2.24, 2.45) is 0 Å². The van der Waals surface area contributed by atoms with Crippen LogP contribution in [0.5, 0.6) is 0 Å². The molecule has 1 amide bonds. The molecule has 1 fully saturated rings.